The average Bonchev–Trinajstić information content (AvgIpc) is 2.81. The molecule has 2 N–H and O–H groups in total. The Morgan fingerprint density at radius 2 is 2.00 bits per heavy atom. The zero-order chi connectivity index (χ0) is 13.2. The molecule has 0 unspecified atom stereocenters. The van der Waals surface area contributed by atoms with Crippen LogP contribution in [0.1, 0.15) is 52.9 Å². The Bertz CT molecular complexity index is 241. The summed E-state index contributed by atoms with van der Waals surface area (Å²) in [5.74, 6) is 0.967. The number of rotatable bonds is 7. The van der Waals surface area contributed by atoms with Gasteiger partial charge in [0, 0.05) is 25.7 Å². The zero-order valence-electron chi connectivity index (χ0n) is 12.6. The van der Waals surface area contributed by atoms with Crippen LogP contribution in [0.5, 0.6) is 0 Å². The fraction of sp³-hybridized carbons (Fsp3) is 0.929. The van der Waals surface area contributed by atoms with Gasteiger partial charge < -0.3 is 15.4 Å². The summed E-state index contributed by atoms with van der Waals surface area (Å²) in [6, 6.07) is 0.620. The lowest BCUT2D eigenvalue weighted by Crippen LogP contribution is -2.42. The standard InChI is InChI=1S/C14H29N3O.HI/c1-4-15-14(17-13-8-5-6-9-13)16-10-7-11-18-12(2)3;/h12-13H,4-11H2,1-3H3,(H2,15,16,17);1H. The fourth-order valence-electron chi connectivity index (χ4n) is 2.16. The first-order chi connectivity index (χ1) is 8.72. The van der Waals surface area contributed by atoms with E-state index in [1.807, 2.05) is 0 Å². The van der Waals surface area contributed by atoms with Crippen LogP contribution in [0.4, 0.5) is 0 Å². The molecule has 5 heteroatoms. The van der Waals surface area contributed by atoms with E-state index in [9.17, 15) is 0 Å². The van der Waals surface area contributed by atoms with Gasteiger partial charge in [-0.1, -0.05) is 12.8 Å². The van der Waals surface area contributed by atoms with Gasteiger partial charge >= 0.3 is 0 Å². The first kappa shape index (κ1) is 19.0. The molecule has 0 spiro atoms. The first-order valence-corrected chi connectivity index (χ1v) is 7.38. The van der Waals surface area contributed by atoms with Crippen LogP contribution >= 0.6 is 24.0 Å². The summed E-state index contributed by atoms with van der Waals surface area (Å²) in [4.78, 5) is 4.59. The first-order valence-electron chi connectivity index (χ1n) is 7.38. The third-order valence-electron chi connectivity index (χ3n) is 3.06. The summed E-state index contributed by atoms with van der Waals surface area (Å²) >= 11 is 0. The number of nitrogens with zero attached hydrogens (tertiary/aromatic N) is 1. The van der Waals surface area contributed by atoms with E-state index in [0.29, 0.717) is 12.1 Å². The maximum atomic E-state index is 5.51. The number of hydrogen-bond donors (Lipinski definition) is 2. The molecule has 0 aliphatic heterocycles. The maximum absolute atomic E-state index is 5.51. The summed E-state index contributed by atoms with van der Waals surface area (Å²) < 4.78 is 5.51. The van der Waals surface area contributed by atoms with Gasteiger partial charge in [0.2, 0.25) is 0 Å². The van der Waals surface area contributed by atoms with E-state index in [0.717, 1.165) is 32.1 Å². The molecule has 0 aromatic carbocycles. The van der Waals surface area contributed by atoms with Crippen LogP contribution in [0.3, 0.4) is 0 Å². The van der Waals surface area contributed by atoms with Crippen LogP contribution < -0.4 is 10.6 Å². The Balaban J connectivity index is 0.00000324. The van der Waals surface area contributed by atoms with Gasteiger partial charge in [0.05, 0.1) is 6.10 Å². The van der Waals surface area contributed by atoms with Gasteiger partial charge in [0.25, 0.3) is 0 Å². The van der Waals surface area contributed by atoms with E-state index < -0.39 is 0 Å². The topological polar surface area (TPSA) is 45.7 Å². The molecule has 0 radical (unpaired) electrons. The number of nitrogens with one attached hydrogen (secondary N) is 2. The van der Waals surface area contributed by atoms with Crippen LogP contribution in [0.25, 0.3) is 0 Å². The minimum atomic E-state index is 0. The van der Waals surface area contributed by atoms with Gasteiger partial charge in [0.1, 0.15) is 0 Å². The van der Waals surface area contributed by atoms with Gasteiger partial charge in [-0.3, -0.25) is 4.99 Å². The van der Waals surface area contributed by atoms with Crippen LogP contribution in [0.2, 0.25) is 0 Å². The van der Waals surface area contributed by atoms with Crippen molar-refractivity contribution in [1.82, 2.24) is 10.6 Å². The van der Waals surface area contributed by atoms with E-state index in [1.54, 1.807) is 0 Å². The van der Waals surface area contributed by atoms with Crippen molar-refractivity contribution in [2.24, 2.45) is 4.99 Å². The largest absolute Gasteiger partial charge is 0.379 e. The molecule has 1 aliphatic rings. The zero-order valence-corrected chi connectivity index (χ0v) is 14.9. The molecule has 1 fully saturated rings. The van der Waals surface area contributed by atoms with Gasteiger partial charge in [0.15, 0.2) is 5.96 Å². The second-order valence-corrected chi connectivity index (χ2v) is 5.16. The molecule has 1 aliphatic carbocycles. The highest BCUT2D eigenvalue weighted by Crippen LogP contribution is 2.17. The highest BCUT2D eigenvalue weighted by molar-refractivity contribution is 14.0. The third-order valence-corrected chi connectivity index (χ3v) is 3.06. The van der Waals surface area contributed by atoms with Crippen molar-refractivity contribution in [3.05, 3.63) is 0 Å². The lowest BCUT2D eigenvalue weighted by atomic mass is 10.2. The number of guanidine groups is 1. The minimum Gasteiger partial charge on any atom is -0.379 e. The average molecular weight is 383 g/mol. The molecule has 0 atom stereocenters. The van der Waals surface area contributed by atoms with Crippen LogP contribution in [0.15, 0.2) is 4.99 Å². The molecule has 0 bridgehead atoms. The van der Waals surface area contributed by atoms with Crippen molar-refractivity contribution in [2.75, 3.05) is 19.7 Å². The van der Waals surface area contributed by atoms with E-state index in [1.165, 1.54) is 25.7 Å². The summed E-state index contributed by atoms with van der Waals surface area (Å²) in [6.07, 6.45) is 6.55. The normalized spacial score (nSPS) is 16.5. The van der Waals surface area contributed by atoms with Crippen molar-refractivity contribution in [1.29, 1.82) is 0 Å². The summed E-state index contributed by atoms with van der Waals surface area (Å²) in [5, 5.41) is 6.82. The molecule has 114 valence electrons. The van der Waals surface area contributed by atoms with E-state index >= 15 is 0 Å². The number of ether oxygens (including phenoxy) is 1. The molecule has 0 amide bonds. The van der Waals surface area contributed by atoms with Gasteiger partial charge in [-0.2, -0.15) is 0 Å². The van der Waals surface area contributed by atoms with Gasteiger partial charge in [-0.05, 0) is 40.0 Å². The molecule has 4 nitrogen and oxygen atoms in total. The van der Waals surface area contributed by atoms with Crippen molar-refractivity contribution < 1.29 is 4.74 Å². The second kappa shape index (κ2) is 11.8. The van der Waals surface area contributed by atoms with Gasteiger partial charge in [-0.25, -0.2) is 0 Å². The molecular formula is C14H30IN3O. The lowest BCUT2D eigenvalue weighted by molar-refractivity contribution is 0.0782. The smallest absolute Gasteiger partial charge is 0.191 e. The molecule has 1 rings (SSSR count). The van der Waals surface area contributed by atoms with Crippen LogP contribution in [0, 0.1) is 0 Å². The van der Waals surface area contributed by atoms with Gasteiger partial charge in [-0.15, -0.1) is 24.0 Å². The molecule has 1 saturated carbocycles. The van der Waals surface area contributed by atoms with E-state index in [2.05, 4.69) is 36.4 Å². The predicted molar refractivity (Wildman–Crippen MR) is 92.5 cm³/mol. The summed E-state index contributed by atoms with van der Waals surface area (Å²) in [7, 11) is 0. The van der Waals surface area contributed by atoms with Crippen molar-refractivity contribution >= 4 is 29.9 Å². The number of hydrogen-bond acceptors (Lipinski definition) is 2. The molecule has 0 aromatic heterocycles. The fourth-order valence-corrected chi connectivity index (χ4v) is 2.16. The third kappa shape index (κ3) is 9.49. The maximum Gasteiger partial charge on any atom is 0.191 e. The quantitative estimate of drug-likeness (QED) is 0.308. The Morgan fingerprint density at radius 3 is 2.58 bits per heavy atom. The second-order valence-electron chi connectivity index (χ2n) is 5.16. The lowest BCUT2D eigenvalue weighted by Gasteiger charge is -2.16. The van der Waals surface area contributed by atoms with E-state index in [4.69, 9.17) is 4.74 Å². The van der Waals surface area contributed by atoms with Crippen LogP contribution in [-0.4, -0.2) is 37.8 Å². The highest BCUT2D eigenvalue weighted by atomic mass is 127. The number of aliphatic imine (C=N–C) groups is 1. The minimum absolute atomic E-state index is 0. The van der Waals surface area contributed by atoms with E-state index in [-0.39, 0.29) is 24.0 Å². The Hall–Kier alpha value is -0.0400. The molecule has 19 heavy (non-hydrogen) atoms. The summed E-state index contributed by atoms with van der Waals surface area (Å²) in [5.41, 5.74) is 0. The van der Waals surface area contributed by atoms with Crippen molar-refractivity contribution in [3.63, 3.8) is 0 Å². The van der Waals surface area contributed by atoms with Crippen molar-refractivity contribution in [2.45, 2.75) is 65.0 Å². The SMILES string of the molecule is CCNC(=NCCCOC(C)C)NC1CCCC1.I. The Labute approximate surface area is 135 Å². The predicted octanol–water partition coefficient (Wildman–Crippen LogP) is 2.92. The Kier molecular flexibility index (Phi) is 11.7. The van der Waals surface area contributed by atoms with Crippen LogP contribution in [-0.2, 0) is 4.74 Å². The molecule has 0 heterocycles. The monoisotopic (exact) mass is 383 g/mol. The van der Waals surface area contributed by atoms with Crippen molar-refractivity contribution in [3.8, 4) is 0 Å². The highest BCUT2D eigenvalue weighted by Gasteiger charge is 2.15. The Morgan fingerprint density at radius 1 is 1.32 bits per heavy atom. The molecule has 0 saturated heterocycles. The summed E-state index contributed by atoms with van der Waals surface area (Å²) in [6.45, 7) is 8.78. The molecular weight excluding hydrogens is 353 g/mol. The number of halogens is 1. The molecule has 0 aromatic rings.